The first-order chi connectivity index (χ1) is 9.43. The zero-order valence-electron chi connectivity index (χ0n) is 11.5. The Morgan fingerprint density at radius 1 is 1.00 bits per heavy atom. The molecule has 0 aliphatic rings. The van der Waals surface area contributed by atoms with Gasteiger partial charge < -0.3 is 4.74 Å². The van der Waals surface area contributed by atoms with Crippen LogP contribution in [0, 0.1) is 13.8 Å². The van der Waals surface area contributed by atoms with E-state index in [0.29, 0.717) is 0 Å². The first-order valence-corrected chi connectivity index (χ1v) is 8.20. The van der Waals surface area contributed by atoms with Crippen LogP contribution in [0.4, 0.5) is 0 Å². The summed E-state index contributed by atoms with van der Waals surface area (Å²) in [5, 5.41) is -0.251. The molecule has 0 saturated heterocycles. The van der Waals surface area contributed by atoms with Crippen LogP contribution in [0.1, 0.15) is 27.6 Å². The molecule has 2 rings (SSSR count). The Labute approximate surface area is 141 Å². The second-order valence-corrected chi connectivity index (χ2v) is 6.86. The summed E-state index contributed by atoms with van der Waals surface area (Å²) >= 11 is 13.7. The fourth-order valence-corrected chi connectivity index (χ4v) is 3.06. The summed E-state index contributed by atoms with van der Waals surface area (Å²) in [7, 11) is 1.67. The van der Waals surface area contributed by atoms with Crippen molar-refractivity contribution in [3.8, 4) is 5.75 Å². The Morgan fingerprint density at radius 2 is 1.65 bits per heavy atom. The van der Waals surface area contributed by atoms with E-state index in [-0.39, 0.29) is 5.38 Å². The standard InChI is InChI=1S/C16H15Br2ClO/c1-9-4-5-11(7-13(9)17)16(19)12-8-14(18)10(2)6-15(12)20-3/h4-8,16H,1-3H3. The number of halogens is 3. The van der Waals surface area contributed by atoms with Crippen molar-refractivity contribution in [3.63, 3.8) is 0 Å². The Hall–Kier alpha value is -0.510. The minimum absolute atomic E-state index is 0.251. The van der Waals surface area contributed by atoms with E-state index in [1.54, 1.807) is 7.11 Å². The third kappa shape index (κ3) is 3.21. The minimum atomic E-state index is -0.251. The monoisotopic (exact) mass is 416 g/mol. The Kier molecular flexibility index (Phi) is 5.16. The SMILES string of the molecule is COc1cc(C)c(Br)cc1C(Cl)c1ccc(C)c(Br)c1. The maximum Gasteiger partial charge on any atom is 0.124 e. The highest BCUT2D eigenvalue weighted by Crippen LogP contribution is 2.39. The van der Waals surface area contributed by atoms with Gasteiger partial charge in [0.25, 0.3) is 0 Å². The van der Waals surface area contributed by atoms with Gasteiger partial charge in [0.15, 0.2) is 0 Å². The lowest BCUT2D eigenvalue weighted by Gasteiger charge is -2.17. The molecule has 2 aromatic carbocycles. The molecule has 20 heavy (non-hydrogen) atoms. The summed E-state index contributed by atoms with van der Waals surface area (Å²) in [5.74, 6) is 0.808. The van der Waals surface area contributed by atoms with Gasteiger partial charge in [0.1, 0.15) is 5.75 Å². The fourth-order valence-electron chi connectivity index (χ4n) is 1.99. The molecule has 0 heterocycles. The zero-order valence-corrected chi connectivity index (χ0v) is 15.4. The number of hydrogen-bond acceptors (Lipinski definition) is 1. The van der Waals surface area contributed by atoms with E-state index < -0.39 is 0 Å². The predicted molar refractivity (Wildman–Crippen MR) is 92.0 cm³/mol. The lowest BCUT2D eigenvalue weighted by atomic mass is 10.0. The van der Waals surface area contributed by atoms with Gasteiger partial charge in [0, 0.05) is 14.5 Å². The van der Waals surface area contributed by atoms with E-state index in [9.17, 15) is 0 Å². The largest absolute Gasteiger partial charge is 0.496 e. The Morgan fingerprint density at radius 3 is 2.25 bits per heavy atom. The second-order valence-electron chi connectivity index (χ2n) is 4.71. The van der Waals surface area contributed by atoms with Crippen LogP contribution in [0.25, 0.3) is 0 Å². The molecule has 1 nitrogen and oxygen atoms in total. The quantitative estimate of drug-likeness (QED) is 0.542. The first kappa shape index (κ1) is 15.9. The van der Waals surface area contributed by atoms with Crippen LogP contribution < -0.4 is 4.74 Å². The first-order valence-electron chi connectivity index (χ1n) is 6.18. The van der Waals surface area contributed by atoms with Crippen LogP contribution in [0.5, 0.6) is 5.75 Å². The van der Waals surface area contributed by atoms with Crippen molar-refractivity contribution in [2.45, 2.75) is 19.2 Å². The molecule has 0 fully saturated rings. The molecule has 1 unspecified atom stereocenters. The molecule has 4 heteroatoms. The smallest absolute Gasteiger partial charge is 0.124 e. The number of benzene rings is 2. The summed E-state index contributed by atoms with van der Waals surface area (Å²) in [5.41, 5.74) is 4.31. The van der Waals surface area contributed by atoms with Crippen molar-refractivity contribution >= 4 is 43.5 Å². The topological polar surface area (TPSA) is 9.23 Å². The van der Waals surface area contributed by atoms with Crippen LogP contribution in [-0.4, -0.2) is 7.11 Å². The van der Waals surface area contributed by atoms with Crippen LogP contribution >= 0.6 is 43.5 Å². The molecule has 0 saturated carbocycles. The van der Waals surface area contributed by atoms with E-state index >= 15 is 0 Å². The van der Waals surface area contributed by atoms with Crippen molar-refractivity contribution in [2.75, 3.05) is 7.11 Å². The Balaban J connectivity index is 2.49. The highest BCUT2D eigenvalue weighted by Gasteiger charge is 2.18. The lowest BCUT2D eigenvalue weighted by Crippen LogP contribution is -1.99. The number of alkyl halides is 1. The Bertz CT molecular complexity index is 641. The molecular weight excluding hydrogens is 403 g/mol. The molecule has 0 aliphatic heterocycles. The molecule has 106 valence electrons. The number of methoxy groups -OCH3 is 1. The summed E-state index contributed by atoms with van der Waals surface area (Å²) in [6.07, 6.45) is 0. The van der Waals surface area contributed by atoms with Crippen LogP contribution in [0.3, 0.4) is 0 Å². The number of hydrogen-bond donors (Lipinski definition) is 0. The van der Waals surface area contributed by atoms with Crippen molar-refractivity contribution in [2.24, 2.45) is 0 Å². The molecular formula is C16H15Br2ClO. The number of ether oxygens (including phenoxy) is 1. The highest BCUT2D eigenvalue weighted by atomic mass is 79.9. The molecule has 0 aliphatic carbocycles. The average Bonchev–Trinajstić information content (AvgIpc) is 2.43. The molecule has 0 N–H and O–H groups in total. The van der Waals surface area contributed by atoms with Crippen LogP contribution in [-0.2, 0) is 0 Å². The van der Waals surface area contributed by atoms with E-state index in [0.717, 1.165) is 31.4 Å². The normalized spacial score (nSPS) is 12.3. The number of aryl methyl sites for hydroxylation is 2. The average molecular weight is 419 g/mol. The van der Waals surface area contributed by atoms with Crippen LogP contribution in [0.2, 0.25) is 0 Å². The van der Waals surface area contributed by atoms with Gasteiger partial charge in [0.2, 0.25) is 0 Å². The molecule has 0 radical (unpaired) electrons. The molecule has 1 atom stereocenters. The highest BCUT2D eigenvalue weighted by molar-refractivity contribution is 9.10. The zero-order chi connectivity index (χ0) is 14.9. The molecule has 0 spiro atoms. The van der Waals surface area contributed by atoms with Gasteiger partial charge in [-0.3, -0.25) is 0 Å². The third-order valence-electron chi connectivity index (χ3n) is 3.27. The fraction of sp³-hybridized carbons (Fsp3) is 0.250. The van der Waals surface area contributed by atoms with Gasteiger partial charge in [-0.25, -0.2) is 0 Å². The summed E-state index contributed by atoms with van der Waals surface area (Å²) in [6.45, 7) is 4.09. The minimum Gasteiger partial charge on any atom is -0.496 e. The lowest BCUT2D eigenvalue weighted by molar-refractivity contribution is 0.409. The molecule has 2 aromatic rings. The van der Waals surface area contributed by atoms with Gasteiger partial charge in [-0.15, -0.1) is 11.6 Å². The van der Waals surface area contributed by atoms with Crippen molar-refractivity contribution in [1.82, 2.24) is 0 Å². The van der Waals surface area contributed by atoms with Crippen LogP contribution in [0.15, 0.2) is 39.3 Å². The maximum atomic E-state index is 6.64. The van der Waals surface area contributed by atoms with Gasteiger partial charge in [-0.05, 0) is 48.7 Å². The van der Waals surface area contributed by atoms with Gasteiger partial charge in [-0.2, -0.15) is 0 Å². The van der Waals surface area contributed by atoms with E-state index in [1.165, 1.54) is 5.56 Å². The van der Waals surface area contributed by atoms with Crippen molar-refractivity contribution in [3.05, 3.63) is 61.5 Å². The van der Waals surface area contributed by atoms with E-state index in [4.69, 9.17) is 16.3 Å². The van der Waals surface area contributed by atoms with Crippen molar-refractivity contribution < 1.29 is 4.74 Å². The van der Waals surface area contributed by atoms with Crippen molar-refractivity contribution in [1.29, 1.82) is 0 Å². The number of rotatable bonds is 3. The second kappa shape index (κ2) is 6.50. The summed E-state index contributed by atoms with van der Waals surface area (Å²) in [6, 6.07) is 10.2. The predicted octanol–water partition coefficient (Wildman–Crippen LogP) is 6.17. The molecule has 0 aromatic heterocycles. The van der Waals surface area contributed by atoms with E-state index in [2.05, 4.69) is 50.9 Å². The molecule has 0 amide bonds. The maximum absolute atomic E-state index is 6.64. The summed E-state index contributed by atoms with van der Waals surface area (Å²) < 4.78 is 7.55. The van der Waals surface area contributed by atoms with Gasteiger partial charge >= 0.3 is 0 Å². The molecule has 0 bridgehead atoms. The van der Waals surface area contributed by atoms with Gasteiger partial charge in [-0.1, -0.05) is 44.0 Å². The third-order valence-corrected chi connectivity index (χ3v) is 5.47. The van der Waals surface area contributed by atoms with E-state index in [1.807, 2.05) is 25.1 Å². The summed E-state index contributed by atoms with van der Waals surface area (Å²) in [4.78, 5) is 0. The van der Waals surface area contributed by atoms with Gasteiger partial charge in [0.05, 0.1) is 12.5 Å².